The molecule has 1 aromatic carbocycles. The normalized spacial score (nSPS) is 15.9. The number of hydrogen-bond donors (Lipinski definition) is 2. The Balaban J connectivity index is 1.71. The predicted molar refractivity (Wildman–Crippen MR) is 122 cm³/mol. The lowest BCUT2D eigenvalue weighted by Gasteiger charge is -2.35. The molecular formula is C23H33N5O3. The van der Waals surface area contributed by atoms with E-state index in [1.54, 1.807) is 20.4 Å². The standard InChI is InChI=1S/C23H33N5O3/c1-4-24-23(26-16-18-9-10-25-22(15-18)30-3)27-17-21(28-11-13-31-14-12-28)19-5-7-20(29-2)8-6-19/h5-10,15,21H,4,11-14,16-17H2,1-3H3,(H2,24,26,27). The SMILES string of the molecule is CCNC(=NCc1ccnc(OC)c1)NCC(c1ccc(OC)cc1)N1CCOCC1. The van der Waals surface area contributed by atoms with E-state index in [1.807, 2.05) is 24.3 Å². The fraction of sp³-hybridized carbons (Fsp3) is 0.478. The van der Waals surface area contributed by atoms with Gasteiger partial charge in [-0.2, -0.15) is 0 Å². The van der Waals surface area contributed by atoms with Crippen molar-refractivity contribution in [1.29, 1.82) is 0 Å². The Morgan fingerprint density at radius 2 is 1.90 bits per heavy atom. The molecule has 31 heavy (non-hydrogen) atoms. The topological polar surface area (TPSA) is 80.2 Å². The maximum Gasteiger partial charge on any atom is 0.213 e. The molecule has 0 saturated carbocycles. The summed E-state index contributed by atoms with van der Waals surface area (Å²) in [4.78, 5) is 11.4. The minimum Gasteiger partial charge on any atom is -0.497 e. The molecule has 1 saturated heterocycles. The van der Waals surface area contributed by atoms with Gasteiger partial charge in [0, 0.05) is 38.4 Å². The number of benzene rings is 1. The van der Waals surface area contributed by atoms with Gasteiger partial charge in [-0.05, 0) is 36.2 Å². The van der Waals surface area contributed by atoms with Crippen LogP contribution in [-0.4, -0.2) is 69.5 Å². The Morgan fingerprint density at radius 3 is 2.58 bits per heavy atom. The minimum atomic E-state index is 0.208. The van der Waals surface area contributed by atoms with Crippen LogP contribution in [0.5, 0.6) is 11.6 Å². The Bertz CT molecular complexity index is 822. The highest BCUT2D eigenvalue weighted by Crippen LogP contribution is 2.23. The number of pyridine rings is 1. The van der Waals surface area contributed by atoms with Crippen molar-refractivity contribution in [2.75, 3.05) is 53.6 Å². The maximum absolute atomic E-state index is 5.56. The summed E-state index contributed by atoms with van der Waals surface area (Å²) in [6, 6.07) is 12.4. The van der Waals surface area contributed by atoms with Gasteiger partial charge >= 0.3 is 0 Å². The molecule has 1 fully saturated rings. The molecule has 1 aliphatic heterocycles. The first-order chi connectivity index (χ1) is 15.2. The number of nitrogens with one attached hydrogen (secondary N) is 2. The second kappa shape index (κ2) is 12.1. The second-order valence-electron chi connectivity index (χ2n) is 7.22. The van der Waals surface area contributed by atoms with Crippen molar-refractivity contribution in [2.45, 2.75) is 19.5 Å². The molecular weight excluding hydrogens is 394 g/mol. The van der Waals surface area contributed by atoms with Crippen LogP contribution in [0.1, 0.15) is 24.1 Å². The van der Waals surface area contributed by atoms with Crippen molar-refractivity contribution in [3.63, 3.8) is 0 Å². The van der Waals surface area contributed by atoms with Crippen LogP contribution in [0.4, 0.5) is 0 Å². The van der Waals surface area contributed by atoms with Crippen LogP contribution in [0.25, 0.3) is 0 Å². The van der Waals surface area contributed by atoms with E-state index in [4.69, 9.17) is 19.2 Å². The van der Waals surface area contributed by atoms with Gasteiger partial charge in [0.2, 0.25) is 5.88 Å². The van der Waals surface area contributed by atoms with Gasteiger partial charge in [-0.25, -0.2) is 9.98 Å². The van der Waals surface area contributed by atoms with Gasteiger partial charge in [0.15, 0.2) is 5.96 Å². The zero-order valence-electron chi connectivity index (χ0n) is 18.6. The van der Waals surface area contributed by atoms with Crippen LogP contribution in [0, 0.1) is 0 Å². The number of aliphatic imine (C=N–C) groups is 1. The first-order valence-electron chi connectivity index (χ1n) is 10.7. The summed E-state index contributed by atoms with van der Waals surface area (Å²) in [5, 5.41) is 6.86. The number of methoxy groups -OCH3 is 2. The molecule has 8 heteroatoms. The fourth-order valence-corrected chi connectivity index (χ4v) is 3.54. The highest BCUT2D eigenvalue weighted by atomic mass is 16.5. The quantitative estimate of drug-likeness (QED) is 0.469. The summed E-state index contributed by atoms with van der Waals surface area (Å²) >= 11 is 0. The molecule has 3 rings (SSSR count). The molecule has 2 heterocycles. The number of nitrogens with zero attached hydrogens (tertiary/aromatic N) is 3. The summed E-state index contributed by atoms with van der Waals surface area (Å²) in [6.45, 7) is 7.45. The smallest absolute Gasteiger partial charge is 0.213 e. The molecule has 1 aliphatic rings. The molecule has 0 radical (unpaired) electrons. The third kappa shape index (κ3) is 6.83. The van der Waals surface area contributed by atoms with E-state index in [0.29, 0.717) is 12.4 Å². The van der Waals surface area contributed by atoms with Gasteiger partial charge in [-0.3, -0.25) is 4.90 Å². The zero-order valence-corrected chi connectivity index (χ0v) is 18.6. The molecule has 1 atom stereocenters. The molecule has 1 unspecified atom stereocenters. The highest BCUT2D eigenvalue weighted by molar-refractivity contribution is 5.79. The number of rotatable bonds is 9. The second-order valence-corrected chi connectivity index (χ2v) is 7.22. The lowest BCUT2D eigenvalue weighted by molar-refractivity contribution is 0.0170. The molecule has 8 nitrogen and oxygen atoms in total. The van der Waals surface area contributed by atoms with Crippen molar-refractivity contribution in [2.24, 2.45) is 4.99 Å². The third-order valence-electron chi connectivity index (χ3n) is 5.22. The average Bonchev–Trinajstić information content (AvgIpc) is 2.83. The molecule has 0 bridgehead atoms. The highest BCUT2D eigenvalue weighted by Gasteiger charge is 2.23. The lowest BCUT2D eigenvalue weighted by atomic mass is 10.0. The Hall–Kier alpha value is -2.84. The Labute approximate surface area is 184 Å². The predicted octanol–water partition coefficient (Wildman–Crippen LogP) is 2.23. The number of aromatic nitrogens is 1. The van der Waals surface area contributed by atoms with Gasteiger partial charge in [0.05, 0.1) is 40.0 Å². The van der Waals surface area contributed by atoms with Crippen molar-refractivity contribution >= 4 is 5.96 Å². The van der Waals surface area contributed by atoms with Gasteiger partial charge in [-0.15, -0.1) is 0 Å². The molecule has 168 valence electrons. The van der Waals surface area contributed by atoms with E-state index in [9.17, 15) is 0 Å². The van der Waals surface area contributed by atoms with Crippen LogP contribution >= 0.6 is 0 Å². The van der Waals surface area contributed by atoms with Crippen molar-refractivity contribution in [3.05, 3.63) is 53.7 Å². The van der Waals surface area contributed by atoms with Gasteiger partial charge in [0.1, 0.15) is 5.75 Å². The van der Waals surface area contributed by atoms with Crippen LogP contribution < -0.4 is 20.1 Å². The lowest BCUT2D eigenvalue weighted by Crippen LogP contribution is -2.46. The van der Waals surface area contributed by atoms with Crippen molar-refractivity contribution in [1.82, 2.24) is 20.5 Å². The zero-order chi connectivity index (χ0) is 21.9. The molecule has 0 aliphatic carbocycles. The number of guanidine groups is 1. The largest absolute Gasteiger partial charge is 0.497 e. The number of ether oxygens (including phenoxy) is 3. The minimum absolute atomic E-state index is 0.208. The Morgan fingerprint density at radius 1 is 1.13 bits per heavy atom. The maximum atomic E-state index is 5.56. The van der Waals surface area contributed by atoms with Crippen molar-refractivity contribution < 1.29 is 14.2 Å². The van der Waals surface area contributed by atoms with E-state index >= 15 is 0 Å². The first-order valence-corrected chi connectivity index (χ1v) is 10.7. The fourth-order valence-electron chi connectivity index (χ4n) is 3.54. The molecule has 2 aromatic rings. The first kappa shape index (κ1) is 22.8. The summed E-state index contributed by atoms with van der Waals surface area (Å²) in [5.74, 6) is 2.24. The van der Waals surface area contributed by atoms with Crippen molar-refractivity contribution in [3.8, 4) is 11.6 Å². The Kier molecular flexibility index (Phi) is 8.93. The van der Waals surface area contributed by atoms with E-state index in [0.717, 1.165) is 56.7 Å². The number of hydrogen-bond acceptors (Lipinski definition) is 6. The van der Waals surface area contributed by atoms with Crippen LogP contribution in [0.2, 0.25) is 0 Å². The number of morpholine rings is 1. The van der Waals surface area contributed by atoms with E-state index in [1.165, 1.54) is 5.56 Å². The monoisotopic (exact) mass is 427 g/mol. The molecule has 0 spiro atoms. The van der Waals surface area contributed by atoms with E-state index < -0.39 is 0 Å². The third-order valence-corrected chi connectivity index (χ3v) is 5.22. The van der Waals surface area contributed by atoms with Gasteiger partial charge in [-0.1, -0.05) is 12.1 Å². The molecule has 0 amide bonds. The van der Waals surface area contributed by atoms with Gasteiger partial charge in [0.25, 0.3) is 0 Å². The summed E-state index contributed by atoms with van der Waals surface area (Å²) in [5.41, 5.74) is 2.29. The molecule has 1 aromatic heterocycles. The van der Waals surface area contributed by atoms with E-state index in [2.05, 4.69) is 39.6 Å². The van der Waals surface area contributed by atoms with Crippen LogP contribution in [0.15, 0.2) is 47.6 Å². The van der Waals surface area contributed by atoms with E-state index in [-0.39, 0.29) is 6.04 Å². The summed E-state index contributed by atoms with van der Waals surface area (Å²) in [7, 11) is 3.31. The average molecular weight is 428 g/mol. The van der Waals surface area contributed by atoms with Gasteiger partial charge < -0.3 is 24.8 Å². The summed E-state index contributed by atoms with van der Waals surface area (Å²) in [6.07, 6.45) is 1.74. The van der Waals surface area contributed by atoms with Crippen LogP contribution in [0.3, 0.4) is 0 Å². The molecule has 2 N–H and O–H groups in total. The summed E-state index contributed by atoms with van der Waals surface area (Å²) < 4.78 is 16.1. The van der Waals surface area contributed by atoms with Crippen LogP contribution in [-0.2, 0) is 11.3 Å².